The highest BCUT2D eigenvalue weighted by atomic mass is 127. The average molecular weight is 211 g/mol. The Kier molecular flexibility index (Phi) is 6.77. The maximum absolute atomic E-state index is 4.08. The van der Waals surface area contributed by atoms with Crippen LogP contribution in [-0.2, 0) is 0 Å². The third-order valence-corrected chi connectivity index (χ3v) is 0.945. The minimum Gasteiger partial charge on any atom is -0.297 e. The minimum atomic E-state index is 0.989. The van der Waals surface area contributed by atoms with Crippen LogP contribution in [-0.4, -0.2) is 17.2 Å². The number of hydrogen-bond donors (Lipinski definition) is 0. The van der Waals surface area contributed by atoms with Crippen molar-refractivity contribution in [3.05, 3.63) is 0 Å². The SMILES string of the molecule is CCCN=CCI. The first-order valence-corrected chi connectivity index (χ1v) is 3.98. The van der Waals surface area contributed by atoms with E-state index in [0.29, 0.717) is 0 Å². The molecular formula is C5H10IN. The monoisotopic (exact) mass is 211 g/mol. The second-order valence-corrected chi connectivity index (χ2v) is 2.12. The van der Waals surface area contributed by atoms with Gasteiger partial charge in [0.05, 0.1) is 0 Å². The Morgan fingerprint density at radius 3 is 2.86 bits per heavy atom. The van der Waals surface area contributed by atoms with Gasteiger partial charge in [0.1, 0.15) is 0 Å². The smallest absolute Gasteiger partial charge is 0.0383 e. The van der Waals surface area contributed by atoms with E-state index in [1.165, 1.54) is 0 Å². The van der Waals surface area contributed by atoms with Gasteiger partial charge in [-0.25, -0.2) is 0 Å². The first-order chi connectivity index (χ1) is 3.41. The lowest BCUT2D eigenvalue weighted by Gasteiger charge is -1.80. The van der Waals surface area contributed by atoms with Gasteiger partial charge in [-0.1, -0.05) is 29.5 Å². The molecule has 0 amide bonds. The maximum Gasteiger partial charge on any atom is 0.0383 e. The van der Waals surface area contributed by atoms with E-state index >= 15 is 0 Å². The second-order valence-electron chi connectivity index (χ2n) is 1.24. The van der Waals surface area contributed by atoms with E-state index in [0.717, 1.165) is 17.4 Å². The Morgan fingerprint density at radius 2 is 2.43 bits per heavy atom. The lowest BCUT2D eigenvalue weighted by molar-refractivity contribution is 0.936. The summed E-state index contributed by atoms with van der Waals surface area (Å²) in [5.74, 6) is 0. The maximum atomic E-state index is 4.08. The highest BCUT2D eigenvalue weighted by Crippen LogP contribution is 1.78. The van der Waals surface area contributed by atoms with Gasteiger partial charge in [0.15, 0.2) is 0 Å². The molecule has 0 aromatic carbocycles. The highest BCUT2D eigenvalue weighted by Gasteiger charge is 1.68. The van der Waals surface area contributed by atoms with Crippen LogP contribution in [0.15, 0.2) is 4.99 Å². The predicted molar refractivity (Wildman–Crippen MR) is 42.5 cm³/mol. The summed E-state index contributed by atoms with van der Waals surface area (Å²) in [6, 6.07) is 0. The van der Waals surface area contributed by atoms with E-state index in [1.54, 1.807) is 0 Å². The predicted octanol–water partition coefficient (Wildman–Crippen LogP) is 1.90. The van der Waals surface area contributed by atoms with Gasteiger partial charge in [-0.15, -0.1) is 0 Å². The standard InChI is InChI=1S/C5H10IN/c1-2-4-7-5-3-6/h5H,2-4H2,1H3. The number of aliphatic imine (C=N–C) groups is 1. The summed E-state index contributed by atoms with van der Waals surface area (Å²) in [6.45, 7) is 3.12. The quantitative estimate of drug-likeness (QED) is 0.384. The van der Waals surface area contributed by atoms with Gasteiger partial charge < -0.3 is 0 Å². The number of hydrogen-bond acceptors (Lipinski definition) is 1. The van der Waals surface area contributed by atoms with Gasteiger partial charge in [0.2, 0.25) is 0 Å². The van der Waals surface area contributed by atoms with Crippen molar-refractivity contribution in [1.29, 1.82) is 0 Å². The Bertz CT molecular complexity index is 52.0. The lowest BCUT2D eigenvalue weighted by atomic mass is 10.5. The van der Waals surface area contributed by atoms with Gasteiger partial charge in [-0.05, 0) is 6.42 Å². The second kappa shape index (κ2) is 6.40. The molecule has 0 aromatic rings. The van der Waals surface area contributed by atoms with Crippen molar-refractivity contribution in [2.45, 2.75) is 13.3 Å². The molecule has 0 spiro atoms. The summed E-state index contributed by atoms with van der Waals surface area (Å²) in [5.41, 5.74) is 0. The molecule has 0 aliphatic heterocycles. The molecule has 0 aliphatic rings. The normalized spacial score (nSPS) is 10.6. The van der Waals surface area contributed by atoms with Crippen molar-refractivity contribution >= 4 is 28.8 Å². The molecule has 0 rings (SSSR count). The van der Waals surface area contributed by atoms with E-state index in [-0.39, 0.29) is 0 Å². The van der Waals surface area contributed by atoms with Crippen LogP contribution in [0.2, 0.25) is 0 Å². The van der Waals surface area contributed by atoms with Crippen molar-refractivity contribution in [1.82, 2.24) is 0 Å². The molecule has 0 aromatic heterocycles. The summed E-state index contributed by atoms with van der Waals surface area (Å²) in [6.07, 6.45) is 3.11. The van der Waals surface area contributed by atoms with E-state index in [9.17, 15) is 0 Å². The van der Waals surface area contributed by atoms with Crippen LogP contribution in [0, 0.1) is 0 Å². The zero-order valence-electron chi connectivity index (χ0n) is 4.52. The fraction of sp³-hybridized carbons (Fsp3) is 0.800. The van der Waals surface area contributed by atoms with Gasteiger partial charge >= 0.3 is 0 Å². The summed E-state index contributed by atoms with van der Waals surface area (Å²) < 4.78 is 1.04. The van der Waals surface area contributed by atoms with Crippen LogP contribution in [0.4, 0.5) is 0 Å². The fourth-order valence-electron chi connectivity index (χ4n) is 0.269. The van der Waals surface area contributed by atoms with Gasteiger partial charge in [0, 0.05) is 17.2 Å². The van der Waals surface area contributed by atoms with E-state index < -0.39 is 0 Å². The van der Waals surface area contributed by atoms with E-state index in [4.69, 9.17) is 0 Å². The van der Waals surface area contributed by atoms with Gasteiger partial charge in [0.25, 0.3) is 0 Å². The Morgan fingerprint density at radius 1 is 1.71 bits per heavy atom. The molecule has 0 bridgehead atoms. The minimum absolute atomic E-state index is 0.989. The van der Waals surface area contributed by atoms with Crippen LogP contribution < -0.4 is 0 Å². The van der Waals surface area contributed by atoms with Crippen LogP contribution in [0.3, 0.4) is 0 Å². The van der Waals surface area contributed by atoms with E-state index in [1.807, 2.05) is 6.21 Å². The molecular weight excluding hydrogens is 201 g/mol. The summed E-state index contributed by atoms with van der Waals surface area (Å²) >= 11 is 2.28. The highest BCUT2D eigenvalue weighted by molar-refractivity contribution is 14.1. The van der Waals surface area contributed by atoms with Crippen LogP contribution in [0.25, 0.3) is 0 Å². The number of halogens is 1. The van der Waals surface area contributed by atoms with Gasteiger partial charge in [-0.3, -0.25) is 4.99 Å². The summed E-state index contributed by atoms with van der Waals surface area (Å²) in [7, 11) is 0. The molecule has 2 heteroatoms. The Labute approximate surface area is 58.4 Å². The summed E-state index contributed by atoms with van der Waals surface area (Å²) in [4.78, 5) is 4.08. The van der Waals surface area contributed by atoms with Crippen molar-refractivity contribution in [3.63, 3.8) is 0 Å². The first-order valence-electron chi connectivity index (χ1n) is 2.46. The third-order valence-electron chi connectivity index (χ3n) is 0.551. The molecule has 0 saturated carbocycles. The molecule has 0 radical (unpaired) electrons. The molecule has 0 fully saturated rings. The Balaban J connectivity index is 2.78. The van der Waals surface area contributed by atoms with Crippen molar-refractivity contribution in [2.75, 3.05) is 11.0 Å². The van der Waals surface area contributed by atoms with Crippen molar-refractivity contribution in [3.8, 4) is 0 Å². The zero-order chi connectivity index (χ0) is 5.54. The first kappa shape index (κ1) is 7.40. The Hall–Kier alpha value is 0.400. The zero-order valence-corrected chi connectivity index (χ0v) is 6.68. The molecule has 0 unspecified atom stereocenters. The molecule has 0 heterocycles. The van der Waals surface area contributed by atoms with Crippen molar-refractivity contribution < 1.29 is 0 Å². The fourth-order valence-corrected chi connectivity index (χ4v) is 0.548. The van der Waals surface area contributed by atoms with Gasteiger partial charge in [-0.2, -0.15) is 0 Å². The van der Waals surface area contributed by atoms with Crippen LogP contribution in [0.1, 0.15) is 13.3 Å². The molecule has 0 saturated heterocycles. The van der Waals surface area contributed by atoms with E-state index in [2.05, 4.69) is 34.5 Å². The average Bonchev–Trinajstić information content (AvgIpc) is 1.69. The molecule has 0 aliphatic carbocycles. The topological polar surface area (TPSA) is 12.4 Å². The number of nitrogens with zero attached hydrogens (tertiary/aromatic N) is 1. The van der Waals surface area contributed by atoms with Crippen LogP contribution >= 0.6 is 22.6 Å². The lowest BCUT2D eigenvalue weighted by Crippen LogP contribution is -1.77. The van der Waals surface area contributed by atoms with Crippen LogP contribution in [0.5, 0.6) is 0 Å². The number of alkyl halides is 1. The largest absolute Gasteiger partial charge is 0.297 e. The molecule has 42 valence electrons. The molecule has 1 nitrogen and oxygen atoms in total. The third kappa shape index (κ3) is 6.40. The molecule has 7 heavy (non-hydrogen) atoms. The van der Waals surface area contributed by atoms with Crippen molar-refractivity contribution in [2.24, 2.45) is 4.99 Å². The number of rotatable bonds is 3. The molecule has 0 N–H and O–H groups in total. The molecule has 0 atom stereocenters. The summed E-state index contributed by atoms with van der Waals surface area (Å²) in [5, 5.41) is 0.